The summed E-state index contributed by atoms with van der Waals surface area (Å²) in [5.41, 5.74) is 5.82. The van der Waals surface area contributed by atoms with E-state index in [2.05, 4.69) is 4.90 Å². The molecule has 2 N–H and O–H groups in total. The predicted molar refractivity (Wildman–Crippen MR) is 60.9 cm³/mol. The minimum absolute atomic E-state index is 0. The molecule has 1 heterocycles. The second-order valence-corrected chi connectivity index (χ2v) is 4.08. The zero-order valence-electron chi connectivity index (χ0n) is 7.95. The lowest BCUT2D eigenvalue weighted by Crippen LogP contribution is -2.40. The molecule has 80 valence electrons. The molecule has 1 aliphatic heterocycles. The Balaban J connectivity index is 0.000000720. The van der Waals surface area contributed by atoms with Crippen molar-refractivity contribution in [1.29, 1.82) is 0 Å². The predicted octanol–water partition coefficient (Wildman–Crippen LogP) is 1.66. The Morgan fingerprint density at radius 3 is 2.00 bits per heavy atom. The zero-order chi connectivity index (χ0) is 7.68. The van der Waals surface area contributed by atoms with Crippen molar-refractivity contribution in [2.24, 2.45) is 11.7 Å². The van der Waals surface area contributed by atoms with E-state index in [1.54, 1.807) is 0 Å². The first-order valence-corrected chi connectivity index (χ1v) is 4.82. The van der Waals surface area contributed by atoms with E-state index in [-0.39, 0.29) is 24.8 Å². The molecule has 1 saturated heterocycles. The molecule has 0 bridgehead atoms. The maximum Gasteiger partial charge on any atom is 0.00631 e. The SMILES string of the molecule is Cl.Cl.NC1CCN(CC2CC2)CC1. The van der Waals surface area contributed by atoms with E-state index >= 15 is 0 Å². The van der Waals surface area contributed by atoms with Crippen LogP contribution in [0.5, 0.6) is 0 Å². The van der Waals surface area contributed by atoms with Crippen LogP contribution in [-0.4, -0.2) is 30.6 Å². The lowest BCUT2D eigenvalue weighted by Gasteiger charge is -2.29. The van der Waals surface area contributed by atoms with Crippen LogP contribution in [0.25, 0.3) is 0 Å². The molecule has 0 aromatic heterocycles. The molecule has 2 aliphatic rings. The van der Waals surface area contributed by atoms with Gasteiger partial charge in [-0.15, -0.1) is 24.8 Å². The number of rotatable bonds is 2. The Labute approximate surface area is 93.1 Å². The van der Waals surface area contributed by atoms with Gasteiger partial charge in [0.15, 0.2) is 0 Å². The van der Waals surface area contributed by atoms with E-state index in [1.807, 2.05) is 0 Å². The molecule has 2 nitrogen and oxygen atoms in total. The number of likely N-dealkylation sites (tertiary alicyclic amines) is 1. The second-order valence-electron chi connectivity index (χ2n) is 4.08. The van der Waals surface area contributed by atoms with E-state index in [1.165, 1.54) is 45.3 Å². The van der Waals surface area contributed by atoms with Crippen LogP contribution in [0.4, 0.5) is 0 Å². The van der Waals surface area contributed by atoms with Gasteiger partial charge in [0.25, 0.3) is 0 Å². The summed E-state index contributed by atoms with van der Waals surface area (Å²) in [6, 6.07) is 0.491. The molecule has 0 spiro atoms. The van der Waals surface area contributed by atoms with Crippen LogP contribution >= 0.6 is 24.8 Å². The topological polar surface area (TPSA) is 29.3 Å². The van der Waals surface area contributed by atoms with E-state index in [0.29, 0.717) is 6.04 Å². The normalized spacial score (nSPS) is 24.7. The molecule has 1 aliphatic carbocycles. The first-order valence-electron chi connectivity index (χ1n) is 4.82. The number of hydrogen-bond donors (Lipinski definition) is 1. The van der Waals surface area contributed by atoms with Gasteiger partial charge in [-0.25, -0.2) is 0 Å². The molecule has 4 heteroatoms. The van der Waals surface area contributed by atoms with Crippen molar-refractivity contribution in [1.82, 2.24) is 4.90 Å². The Morgan fingerprint density at radius 1 is 1.00 bits per heavy atom. The minimum atomic E-state index is 0. The molecule has 0 atom stereocenters. The highest BCUT2D eigenvalue weighted by Gasteiger charge is 2.25. The van der Waals surface area contributed by atoms with Crippen molar-refractivity contribution in [3.63, 3.8) is 0 Å². The van der Waals surface area contributed by atoms with Crippen LogP contribution in [0.2, 0.25) is 0 Å². The summed E-state index contributed by atoms with van der Waals surface area (Å²) in [5.74, 6) is 1.05. The Hall–Kier alpha value is 0.500. The maximum atomic E-state index is 5.82. The standard InChI is InChI=1S/C9H18N2.2ClH/c10-9-3-5-11(6-4-9)7-8-1-2-8;;/h8-9H,1-7,10H2;2*1H. The molecule has 1 saturated carbocycles. The van der Waals surface area contributed by atoms with Crippen molar-refractivity contribution in [3.05, 3.63) is 0 Å². The third-order valence-electron chi connectivity index (χ3n) is 2.85. The highest BCUT2D eigenvalue weighted by molar-refractivity contribution is 5.85. The van der Waals surface area contributed by atoms with Crippen molar-refractivity contribution >= 4 is 24.8 Å². The highest BCUT2D eigenvalue weighted by Crippen LogP contribution is 2.30. The summed E-state index contributed by atoms with van der Waals surface area (Å²) < 4.78 is 0. The van der Waals surface area contributed by atoms with Crippen LogP contribution in [0.3, 0.4) is 0 Å². The van der Waals surface area contributed by atoms with E-state index in [0.717, 1.165) is 5.92 Å². The largest absolute Gasteiger partial charge is 0.328 e. The Morgan fingerprint density at radius 2 is 1.54 bits per heavy atom. The fourth-order valence-electron chi connectivity index (χ4n) is 1.80. The van der Waals surface area contributed by atoms with Gasteiger partial charge in [0.05, 0.1) is 0 Å². The third-order valence-corrected chi connectivity index (χ3v) is 2.85. The Kier molecular flexibility index (Phi) is 6.31. The average Bonchev–Trinajstić information content (AvgIpc) is 2.78. The number of nitrogens with two attached hydrogens (primary N) is 1. The maximum absolute atomic E-state index is 5.82. The van der Waals surface area contributed by atoms with Crippen molar-refractivity contribution in [3.8, 4) is 0 Å². The van der Waals surface area contributed by atoms with Gasteiger partial charge in [0, 0.05) is 12.6 Å². The quantitative estimate of drug-likeness (QED) is 0.777. The van der Waals surface area contributed by atoms with Crippen LogP contribution in [-0.2, 0) is 0 Å². The molecule has 0 aromatic rings. The first kappa shape index (κ1) is 13.5. The molecule has 0 unspecified atom stereocenters. The molecular weight excluding hydrogens is 207 g/mol. The minimum Gasteiger partial charge on any atom is -0.328 e. The molecule has 0 amide bonds. The number of halogens is 2. The fraction of sp³-hybridized carbons (Fsp3) is 1.00. The number of piperidine rings is 1. The monoisotopic (exact) mass is 226 g/mol. The zero-order valence-corrected chi connectivity index (χ0v) is 9.58. The smallest absolute Gasteiger partial charge is 0.00631 e. The van der Waals surface area contributed by atoms with Crippen molar-refractivity contribution < 1.29 is 0 Å². The van der Waals surface area contributed by atoms with Crippen LogP contribution < -0.4 is 5.73 Å². The highest BCUT2D eigenvalue weighted by atomic mass is 35.5. The molecule has 13 heavy (non-hydrogen) atoms. The molecule has 2 rings (SSSR count). The summed E-state index contributed by atoms with van der Waals surface area (Å²) in [5, 5.41) is 0. The fourth-order valence-corrected chi connectivity index (χ4v) is 1.80. The van der Waals surface area contributed by atoms with Gasteiger partial charge in [-0.1, -0.05) is 0 Å². The van der Waals surface area contributed by atoms with Gasteiger partial charge in [-0.3, -0.25) is 0 Å². The van der Waals surface area contributed by atoms with Crippen molar-refractivity contribution in [2.45, 2.75) is 31.7 Å². The number of hydrogen-bond acceptors (Lipinski definition) is 2. The number of nitrogens with zero attached hydrogens (tertiary/aromatic N) is 1. The lowest BCUT2D eigenvalue weighted by atomic mass is 10.1. The molecule has 2 fully saturated rings. The summed E-state index contributed by atoms with van der Waals surface area (Å²) in [4.78, 5) is 2.58. The van der Waals surface area contributed by atoms with Crippen LogP contribution in [0.1, 0.15) is 25.7 Å². The van der Waals surface area contributed by atoms with E-state index in [9.17, 15) is 0 Å². The van der Waals surface area contributed by atoms with Gasteiger partial charge in [-0.2, -0.15) is 0 Å². The molecule has 0 radical (unpaired) electrons. The van der Waals surface area contributed by atoms with Crippen LogP contribution in [0.15, 0.2) is 0 Å². The summed E-state index contributed by atoms with van der Waals surface area (Å²) >= 11 is 0. The first-order chi connectivity index (χ1) is 5.34. The van der Waals surface area contributed by atoms with Gasteiger partial charge < -0.3 is 10.6 Å². The summed E-state index contributed by atoms with van der Waals surface area (Å²) in [7, 11) is 0. The molecular formula is C9H20Cl2N2. The summed E-state index contributed by atoms with van der Waals surface area (Å²) in [6.07, 6.45) is 5.38. The second kappa shape index (κ2) is 6.07. The molecule has 0 aromatic carbocycles. The van der Waals surface area contributed by atoms with Gasteiger partial charge in [-0.05, 0) is 44.7 Å². The van der Waals surface area contributed by atoms with Gasteiger partial charge in [0.2, 0.25) is 0 Å². The van der Waals surface area contributed by atoms with E-state index < -0.39 is 0 Å². The van der Waals surface area contributed by atoms with Gasteiger partial charge in [0.1, 0.15) is 0 Å². The average molecular weight is 227 g/mol. The Bertz CT molecular complexity index is 132. The van der Waals surface area contributed by atoms with Gasteiger partial charge >= 0.3 is 0 Å². The summed E-state index contributed by atoms with van der Waals surface area (Å²) in [6.45, 7) is 3.85. The van der Waals surface area contributed by atoms with Crippen LogP contribution in [0, 0.1) is 5.92 Å². The third kappa shape index (κ3) is 4.50. The lowest BCUT2D eigenvalue weighted by molar-refractivity contribution is 0.205. The van der Waals surface area contributed by atoms with Crippen molar-refractivity contribution in [2.75, 3.05) is 19.6 Å². The van der Waals surface area contributed by atoms with E-state index in [4.69, 9.17) is 5.73 Å².